The average Bonchev–Trinajstić information content (AvgIpc) is 3.32. The predicted molar refractivity (Wildman–Crippen MR) is 161 cm³/mol. The first-order valence-corrected chi connectivity index (χ1v) is 14.2. The first kappa shape index (κ1) is 31.7. The normalized spacial score (nSPS) is 13.9. The van der Waals surface area contributed by atoms with Crippen LogP contribution < -0.4 is 0 Å². The number of allylic oxidation sites excluding steroid dienone is 12. The van der Waals surface area contributed by atoms with Crippen LogP contribution in [0.5, 0.6) is 0 Å². The largest absolute Gasteiger partial charge is 0.472 e. The van der Waals surface area contributed by atoms with Gasteiger partial charge in [0.2, 0.25) is 0 Å². The second-order valence-electron chi connectivity index (χ2n) is 10.9. The van der Waals surface area contributed by atoms with E-state index in [0.717, 1.165) is 32.1 Å². The molecule has 0 N–H and O–H groups in total. The van der Waals surface area contributed by atoms with Gasteiger partial charge in [-0.2, -0.15) is 0 Å². The van der Waals surface area contributed by atoms with Gasteiger partial charge < -0.3 is 4.42 Å². The van der Waals surface area contributed by atoms with Crippen molar-refractivity contribution in [3.8, 4) is 0 Å². The third kappa shape index (κ3) is 18.1. The van der Waals surface area contributed by atoms with Gasteiger partial charge in [0, 0.05) is 0 Å². The van der Waals surface area contributed by atoms with Crippen LogP contribution >= 0.6 is 0 Å². The zero-order valence-electron chi connectivity index (χ0n) is 24.6. The SMILES string of the molecule is CC(C)=CCCC(C)=CCCC(C)=CCCC(C)=CCCC(C)=CCCC(C)=CCCc1ccoc1. The molecule has 0 spiro atoms. The maximum Gasteiger partial charge on any atom is 0.0934 e. The van der Waals surface area contributed by atoms with E-state index >= 15 is 0 Å². The molecule has 0 radical (unpaired) electrons. The van der Waals surface area contributed by atoms with E-state index in [1.165, 1.54) is 83.9 Å². The molecular formula is C35H54O. The molecule has 0 aromatic carbocycles. The van der Waals surface area contributed by atoms with Crippen LogP contribution in [-0.4, -0.2) is 0 Å². The van der Waals surface area contributed by atoms with Crippen molar-refractivity contribution in [2.45, 2.75) is 126 Å². The highest BCUT2D eigenvalue weighted by Gasteiger charge is 1.96. The van der Waals surface area contributed by atoms with E-state index in [9.17, 15) is 0 Å². The van der Waals surface area contributed by atoms with E-state index in [1.54, 1.807) is 6.26 Å². The van der Waals surface area contributed by atoms with Crippen molar-refractivity contribution in [2.24, 2.45) is 0 Å². The molecule has 1 aromatic heterocycles. The molecule has 200 valence electrons. The molecule has 0 saturated heterocycles. The Labute approximate surface area is 223 Å². The molecule has 0 saturated carbocycles. The molecule has 0 aliphatic carbocycles. The summed E-state index contributed by atoms with van der Waals surface area (Å²) in [5.74, 6) is 0. The fourth-order valence-corrected chi connectivity index (χ4v) is 4.20. The smallest absolute Gasteiger partial charge is 0.0934 e. The Balaban J connectivity index is 2.19. The van der Waals surface area contributed by atoms with Crippen LogP contribution in [0.25, 0.3) is 0 Å². The summed E-state index contributed by atoms with van der Waals surface area (Å²) in [5, 5.41) is 0. The minimum absolute atomic E-state index is 1.07. The molecule has 1 heteroatoms. The van der Waals surface area contributed by atoms with Crippen LogP contribution in [-0.2, 0) is 6.42 Å². The summed E-state index contributed by atoms with van der Waals surface area (Å²) in [7, 11) is 0. The van der Waals surface area contributed by atoms with Gasteiger partial charge in [-0.05, 0) is 137 Å². The zero-order valence-corrected chi connectivity index (χ0v) is 24.6. The zero-order chi connectivity index (χ0) is 26.6. The summed E-state index contributed by atoms with van der Waals surface area (Å²) in [6, 6.07) is 2.05. The van der Waals surface area contributed by atoms with E-state index in [4.69, 9.17) is 4.42 Å². The van der Waals surface area contributed by atoms with Crippen LogP contribution in [0, 0.1) is 0 Å². The number of furan rings is 1. The van der Waals surface area contributed by atoms with Gasteiger partial charge in [-0.25, -0.2) is 0 Å². The van der Waals surface area contributed by atoms with Gasteiger partial charge in [0.15, 0.2) is 0 Å². The lowest BCUT2D eigenvalue weighted by molar-refractivity contribution is 0.564. The summed E-state index contributed by atoms with van der Waals surface area (Å²) in [6.45, 7) is 15.7. The van der Waals surface area contributed by atoms with E-state index < -0.39 is 0 Å². The molecule has 0 fully saturated rings. The van der Waals surface area contributed by atoms with E-state index in [2.05, 4.69) is 91.0 Å². The van der Waals surface area contributed by atoms with Gasteiger partial charge in [-0.15, -0.1) is 0 Å². The van der Waals surface area contributed by atoms with Crippen LogP contribution in [0.4, 0.5) is 0 Å². The van der Waals surface area contributed by atoms with Gasteiger partial charge in [0.05, 0.1) is 12.5 Å². The van der Waals surface area contributed by atoms with E-state index in [0.29, 0.717) is 0 Å². The molecule has 0 unspecified atom stereocenters. The number of rotatable bonds is 18. The molecule has 1 nitrogen and oxygen atoms in total. The minimum atomic E-state index is 1.07. The first-order chi connectivity index (χ1) is 17.3. The third-order valence-corrected chi connectivity index (χ3v) is 6.72. The first-order valence-electron chi connectivity index (χ1n) is 14.2. The lowest BCUT2D eigenvalue weighted by Gasteiger charge is -2.04. The van der Waals surface area contributed by atoms with E-state index in [-0.39, 0.29) is 0 Å². The van der Waals surface area contributed by atoms with Gasteiger partial charge in [-0.1, -0.05) is 69.9 Å². The number of aryl methyl sites for hydroxylation is 1. The highest BCUT2D eigenvalue weighted by atomic mass is 16.3. The molecule has 1 aromatic rings. The molecule has 0 amide bonds. The Morgan fingerprint density at radius 2 is 0.889 bits per heavy atom. The Morgan fingerprint density at radius 1 is 0.528 bits per heavy atom. The Morgan fingerprint density at radius 3 is 1.22 bits per heavy atom. The topological polar surface area (TPSA) is 13.1 Å². The highest BCUT2D eigenvalue weighted by molar-refractivity contribution is 5.10. The fraction of sp³-hybridized carbons (Fsp3) is 0.543. The maximum atomic E-state index is 5.13. The van der Waals surface area contributed by atoms with Gasteiger partial charge >= 0.3 is 0 Å². The van der Waals surface area contributed by atoms with Gasteiger partial charge in [0.25, 0.3) is 0 Å². The Kier molecular flexibility index (Phi) is 17.5. The molecular weight excluding hydrogens is 436 g/mol. The van der Waals surface area contributed by atoms with Gasteiger partial charge in [-0.3, -0.25) is 0 Å². The quantitative estimate of drug-likeness (QED) is 0.186. The summed E-state index contributed by atoms with van der Waals surface area (Å²) >= 11 is 0. The van der Waals surface area contributed by atoms with Crippen LogP contribution in [0.2, 0.25) is 0 Å². The van der Waals surface area contributed by atoms with Crippen LogP contribution in [0.15, 0.2) is 92.9 Å². The molecule has 1 heterocycles. The predicted octanol–water partition coefficient (Wildman–Crippen LogP) is 11.8. The number of hydrogen-bond donors (Lipinski definition) is 0. The van der Waals surface area contributed by atoms with Crippen molar-refractivity contribution in [1.82, 2.24) is 0 Å². The molecule has 0 bridgehead atoms. The standard InChI is InChI=1S/C35H54O/c1-29(2)14-8-15-30(3)16-9-17-31(4)18-10-19-32(5)20-11-21-33(6)22-12-23-34(7)24-13-25-35-26-27-36-28-35/h14,16,18,20,22,24,26-28H,8-13,15,17,19,21,23,25H2,1-7H3. The Bertz CT molecular complexity index is 892. The average molecular weight is 491 g/mol. The molecule has 0 atom stereocenters. The third-order valence-electron chi connectivity index (χ3n) is 6.72. The molecule has 0 aliphatic rings. The second-order valence-corrected chi connectivity index (χ2v) is 10.9. The summed E-state index contributed by atoms with van der Waals surface area (Å²) in [5.41, 5.74) is 10.3. The van der Waals surface area contributed by atoms with Crippen LogP contribution in [0.1, 0.15) is 125 Å². The summed E-state index contributed by atoms with van der Waals surface area (Å²) < 4.78 is 5.13. The lowest BCUT2D eigenvalue weighted by atomic mass is 10.0. The number of hydrogen-bond acceptors (Lipinski definition) is 1. The van der Waals surface area contributed by atoms with Crippen molar-refractivity contribution in [3.05, 3.63) is 94.1 Å². The van der Waals surface area contributed by atoms with Crippen LogP contribution in [0.3, 0.4) is 0 Å². The van der Waals surface area contributed by atoms with Crippen molar-refractivity contribution >= 4 is 0 Å². The van der Waals surface area contributed by atoms with Crippen molar-refractivity contribution in [3.63, 3.8) is 0 Å². The fourth-order valence-electron chi connectivity index (χ4n) is 4.20. The molecule has 36 heavy (non-hydrogen) atoms. The molecule has 0 aliphatic heterocycles. The minimum Gasteiger partial charge on any atom is -0.472 e. The summed E-state index contributed by atoms with van der Waals surface area (Å²) in [6.07, 6.45) is 31.9. The maximum absolute atomic E-state index is 5.13. The molecule has 1 rings (SSSR count). The lowest BCUT2D eigenvalue weighted by Crippen LogP contribution is -1.84. The van der Waals surface area contributed by atoms with E-state index in [1.807, 2.05) is 6.26 Å². The Hall–Kier alpha value is -2.28. The van der Waals surface area contributed by atoms with Gasteiger partial charge in [0.1, 0.15) is 0 Å². The van der Waals surface area contributed by atoms with Crippen molar-refractivity contribution < 1.29 is 4.42 Å². The second kappa shape index (κ2) is 19.9. The highest BCUT2D eigenvalue weighted by Crippen LogP contribution is 2.16. The van der Waals surface area contributed by atoms with Crippen molar-refractivity contribution in [1.29, 1.82) is 0 Å². The monoisotopic (exact) mass is 490 g/mol. The van der Waals surface area contributed by atoms with Crippen molar-refractivity contribution in [2.75, 3.05) is 0 Å². The summed E-state index contributed by atoms with van der Waals surface area (Å²) in [4.78, 5) is 0.